The highest BCUT2D eigenvalue weighted by Gasteiger charge is 2.36. The van der Waals surface area contributed by atoms with Gasteiger partial charge < -0.3 is 5.11 Å². The van der Waals surface area contributed by atoms with Crippen molar-refractivity contribution in [3.8, 4) is 0 Å². The van der Waals surface area contributed by atoms with E-state index in [0.717, 1.165) is 0 Å². The van der Waals surface area contributed by atoms with Gasteiger partial charge in [-0.3, -0.25) is 19.7 Å². The predicted octanol–water partition coefficient (Wildman–Crippen LogP) is 1.74. The van der Waals surface area contributed by atoms with Gasteiger partial charge in [0.05, 0.1) is 11.3 Å². The molecule has 0 spiro atoms. The van der Waals surface area contributed by atoms with E-state index in [-0.39, 0.29) is 35.4 Å². The summed E-state index contributed by atoms with van der Waals surface area (Å²) in [5.74, 6) is -1.87. The molecule has 0 amide bonds. The van der Waals surface area contributed by atoms with E-state index in [2.05, 4.69) is 0 Å². The lowest BCUT2D eigenvalue weighted by Gasteiger charge is -2.07. The van der Waals surface area contributed by atoms with Gasteiger partial charge in [-0.2, -0.15) is 0 Å². The Morgan fingerprint density at radius 2 is 2.24 bits per heavy atom. The zero-order valence-electron chi connectivity index (χ0n) is 8.75. The molecule has 1 aliphatic carbocycles. The number of nitro benzene ring substituents is 1. The molecule has 1 aliphatic rings. The number of carbonyl (C=O) groups is 2. The van der Waals surface area contributed by atoms with Gasteiger partial charge in [-0.15, -0.1) is 0 Å². The lowest BCUT2D eigenvalue weighted by atomic mass is 9.96. The van der Waals surface area contributed by atoms with Gasteiger partial charge in [0.25, 0.3) is 5.69 Å². The highest BCUT2D eigenvalue weighted by Crippen LogP contribution is 2.40. The lowest BCUT2D eigenvalue weighted by Crippen LogP contribution is -2.05. The maximum Gasteiger partial charge on any atom is 0.303 e. The third-order valence-electron chi connectivity index (χ3n) is 2.84. The third kappa shape index (κ3) is 1.89. The molecule has 0 aromatic heterocycles. The van der Waals surface area contributed by atoms with Crippen LogP contribution in [0.25, 0.3) is 0 Å². The number of ketones is 1. The van der Waals surface area contributed by atoms with Crippen molar-refractivity contribution in [3.63, 3.8) is 0 Å². The molecule has 6 heteroatoms. The van der Waals surface area contributed by atoms with E-state index in [1.807, 2.05) is 0 Å². The first kappa shape index (κ1) is 11.3. The van der Waals surface area contributed by atoms with Crippen molar-refractivity contribution in [2.24, 2.45) is 0 Å². The van der Waals surface area contributed by atoms with Crippen LogP contribution in [0, 0.1) is 10.1 Å². The summed E-state index contributed by atoms with van der Waals surface area (Å²) < 4.78 is 0. The van der Waals surface area contributed by atoms with Gasteiger partial charge >= 0.3 is 5.97 Å². The van der Waals surface area contributed by atoms with Gasteiger partial charge in [0, 0.05) is 29.5 Å². The second kappa shape index (κ2) is 3.97. The number of rotatable bonds is 3. The Balaban J connectivity index is 2.53. The van der Waals surface area contributed by atoms with E-state index in [0.29, 0.717) is 0 Å². The van der Waals surface area contributed by atoms with Crippen molar-refractivity contribution in [1.82, 2.24) is 0 Å². The smallest absolute Gasteiger partial charge is 0.303 e. The molecule has 0 fully saturated rings. The maximum atomic E-state index is 11.6. The van der Waals surface area contributed by atoms with E-state index in [1.54, 1.807) is 0 Å². The van der Waals surface area contributed by atoms with Crippen LogP contribution >= 0.6 is 0 Å². The first-order valence-corrected chi connectivity index (χ1v) is 5.03. The first-order valence-electron chi connectivity index (χ1n) is 5.03. The monoisotopic (exact) mass is 235 g/mol. The van der Waals surface area contributed by atoms with Gasteiger partial charge in [-0.1, -0.05) is 12.1 Å². The Morgan fingerprint density at radius 1 is 1.53 bits per heavy atom. The molecule has 0 saturated heterocycles. The van der Waals surface area contributed by atoms with Gasteiger partial charge in [-0.25, -0.2) is 0 Å². The Labute approximate surface area is 96.0 Å². The molecule has 6 nitrogen and oxygen atoms in total. The van der Waals surface area contributed by atoms with Crippen molar-refractivity contribution >= 4 is 17.4 Å². The molecule has 0 bridgehead atoms. The van der Waals surface area contributed by atoms with E-state index in [4.69, 9.17) is 5.11 Å². The Morgan fingerprint density at radius 3 is 2.82 bits per heavy atom. The van der Waals surface area contributed by atoms with Crippen molar-refractivity contribution in [3.05, 3.63) is 39.4 Å². The zero-order valence-corrected chi connectivity index (χ0v) is 8.75. The number of benzene rings is 1. The highest BCUT2D eigenvalue weighted by molar-refractivity contribution is 6.03. The molecule has 17 heavy (non-hydrogen) atoms. The van der Waals surface area contributed by atoms with Crippen LogP contribution in [-0.2, 0) is 4.79 Å². The molecular weight excluding hydrogens is 226 g/mol. The number of fused-ring (bicyclic) bond motifs is 1. The summed E-state index contributed by atoms with van der Waals surface area (Å²) >= 11 is 0. The minimum Gasteiger partial charge on any atom is -0.481 e. The van der Waals surface area contributed by atoms with E-state index in [9.17, 15) is 19.7 Å². The van der Waals surface area contributed by atoms with Crippen LogP contribution in [0.15, 0.2) is 18.2 Å². The predicted molar refractivity (Wildman–Crippen MR) is 57.0 cm³/mol. The summed E-state index contributed by atoms with van der Waals surface area (Å²) in [7, 11) is 0. The number of carboxylic acids is 1. The topological polar surface area (TPSA) is 97.5 Å². The van der Waals surface area contributed by atoms with Gasteiger partial charge in [0.15, 0.2) is 5.78 Å². The SMILES string of the molecule is O=C(O)C[C@H]1CC(=O)c2cccc([N+](=O)[O-])c21. The highest BCUT2D eigenvalue weighted by atomic mass is 16.6. The second-order valence-electron chi connectivity index (χ2n) is 3.92. The molecular formula is C11H9NO5. The number of Topliss-reactive ketones (excluding diaryl/α,β-unsaturated/α-hetero) is 1. The lowest BCUT2D eigenvalue weighted by molar-refractivity contribution is -0.385. The molecule has 1 aromatic rings. The third-order valence-corrected chi connectivity index (χ3v) is 2.84. The van der Waals surface area contributed by atoms with Crippen LogP contribution in [0.3, 0.4) is 0 Å². The van der Waals surface area contributed by atoms with Crippen LogP contribution in [-0.4, -0.2) is 21.8 Å². The van der Waals surface area contributed by atoms with E-state index in [1.165, 1.54) is 18.2 Å². The van der Waals surface area contributed by atoms with Crippen LogP contribution in [0.2, 0.25) is 0 Å². The molecule has 0 radical (unpaired) electrons. The summed E-state index contributed by atoms with van der Waals surface area (Å²) in [4.78, 5) is 32.6. The van der Waals surface area contributed by atoms with Crippen LogP contribution in [0.1, 0.15) is 34.7 Å². The van der Waals surface area contributed by atoms with Crippen LogP contribution in [0.4, 0.5) is 5.69 Å². The number of aliphatic carboxylic acids is 1. The molecule has 88 valence electrons. The molecule has 1 aromatic carbocycles. The van der Waals surface area contributed by atoms with Gasteiger partial charge in [0.1, 0.15) is 0 Å². The Bertz CT molecular complexity index is 521. The van der Waals surface area contributed by atoms with Crippen molar-refractivity contribution in [1.29, 1.82) is 0 Å². The number of nitro groups is 1. The van der Waals surface area contributed by atoms with Crippen molar-refractivity contribution < 1.29 is 19.6 Å². The van der Waals surface area contributed by atoms with Crippen molar-refractivity contribution in [2.45, 2.75) is 18.8 Å². The first-order chi connectivity index (χ1) is 8.00. The number of carbonyl (C=O) groups excluding carboxylic acids is 1. The largest absolute Gasteiger partial charge is 0.481 e. The molecule has 0 saturated carbocycles. The minimum absolute atomic E-state index is 0.0342. The molecule has 1 N–H and O–H groups in total. The molecule has 1 atom stereocenters. The Kier molecular flexibility index (Phi) is 2.63. The average Bonchev–Trinajstić information content (AvgIpc) is 2.55. The van der Waals surface area contributed by atoms with Crippen LogP contribution < -0.4 is 0 Å². The van der Waals surface area contributed by atoms with Gasteiger partial charge in [0.2, 0.25) is 0 Å². The Hall–Kier alpha value is -2.24. The van der Waals surface area contributed by atoms with E-state index < -0.39 is 16.8 Å². The molecule has 0 unspecified atom stereocenters. The number of carboxylic acid groups (broad SMARTS) is 1. The summed E-state index contributed by atoms with van der Waals surface area (Å²) in [5, 5.41) is 19.6. The zero-order chi connectivity index (χ0) is 12.6. The van der Waals surface area contributed by atoms with Gasteiger partial charge in [-0.05, 0) is 0 Å². The quantitative estimate of drug-likeness (QED) is 0.635. The fraction of sp³-hybridized carbons (Fsp3) is 0.273. The fourth-order valence-corrected chi connectivity index (χ4v) is 2.21. The minimum atomic E-state index is -1.06. The summed E-state index contributed by atoms with van der Waals surface area (Å²) in [5.41, 5.74) is 0.384. The van der Waals surface area contributed by atoms with E-state index >= 15 is 0 Å². The maximum absolute atomic E-state index is 11.6. The number of nitrogens with zero attached hydrogens (tertiary/aromatic N) is 1. The normalized spacial score (nSPS) is 17.9. The fourth-order valence-electron chi connectivity index (χ4n) is 2.21. The molecule has 0 aliphatic heterocycles. The summed E-state index contributed by atoms with van der Waals surface area (Å²) in [6.07, 6.45) is -0.226. The van der Waals surface area contributed by atoms with Crippen molar-refractivity contribution in [2.75, 3.05) is 0 Å². The summed E-state index contributed by atoms with van der Waals surface area (Å²) in [6.45, 7) is 0. The summed E-state index contributed by atoms with van der Waals surface area (Å²) in [6, 6.07) is 4.25. The second-order valence-corrected chi connectivity index (χ2v) is 3.92. The average molecular weight is 235 g/mol. The number of hydrogen-bond donors (Lipinski definition) is 1. The standard InChI is InChI=1S/C11H9NO5/c13-9-4-6(5-10(14)15)11-7(9)2-1-3-8(11)12(16)17/h1-3,6H,4-5H2,(H,14,15)/t6-/m1/s1. The van der Waals surface area contributed by atoms with Crippen LogP contribution in [0.5, 0.6) is 0 Å². The molecule has 2 rings (SSSR count). The number of hydrogen-bond acceptors (Lipinski definition) is 4. The molecule has 0 heterocycles.